The molecule has 1 aromatic carbocycles. The normalized spacial score (nSPS) is 11.8. The lowest BCUT2D eigenvalue weighted by molar-refractivity contribution is -0.387. The summed E-state index contributed by atoms with van der Waals surface area (Å²) in [6.45, 7) is 5.49. The zero-order valence-electron chi connectivity index (χ0n) is 11.6. The Labute approximate surface area is 117 Å². The molecule has 0 fully saturated rings. The summed E-state index contributed by atoms with van der Waals surface area (Å²) in [4.78, 5) is 9.59. The van der Waals surface area contributed by atoms with Crippen LogP contribution in [0.25, 0.3) is 0 Å². The van der Waals surface area contributed by atoms with Crippen molar-refractivity contribution in [3.8, 4) is 0 Å². The molecule has 0 aromatic heterocycles. The smallest absolute Gasteiger partial charge is 0.258 e. The van der Waals surface area contributed by atoms with Crippen LogP contribution in [0.1, 0.15) is 25.8 Å². The number of hydrogen-bond acceptors (Lipinski definition) is 4. The number of nitro groups is 1. The average Bonchev–Trinajstić information content (AvgIpc) is 2.34. The van der Waals surface area contributed by atoms with E-state index in [1.54, 1.807) is 6.92 Å². The van der Waals surface area contributed by atoms with Crippen LogP contribution in [-0.2, 0) is 10.0 Å². The molecule has 0 saturated carbocycles. The van der Waals surface area contributed by atoms with Crippen LogP contribution in [0.2, 0.25) is 0 Å². The standard InChI is InChI=1S/C12H17FN2O4S/c1-4-6-14(5-2)20(18,19)12-8-11(15(16)17)10(13)7-9(12)3/h7-8H,4-6H2,1-3H3. The minimum atomic E-state index is -3.85. The summed E-state index contributed by atoms with van der Waals surface area (Å²) in [6.07, 6.45) is 0.620. The minimum Gasteiger partial charge on any atom is -0.258 e. The van der Waals surface area contributed by atoms with Gasteiger partial charge in [-0.25, -0.2) is 8.42 Å². The van der Waals surface area contributed by atoms with E-state index in [4.69, 9.17) is 0 Å². The topological polar surface area (TPSA) is 80.5 Å². The van der Waals surface area contributed by atoms with E-state index in [1.165, 1.54) is 11.2 Å². The zero-order valence-corrected chi connectivity index (χ0v) is 12.4. The maximum atomic E-state index is 13.5. The predicted molar refractivity (Wildman–Crippen MR) is 72.5 cm³/mol. The molecule has 8 heteroatoms. The van der Waals surface area contributed by atoms with Gasteiger partial charge in [0.2, 0.25) is 15.8 Å². The third kappa shape index (κ3) is 3.13. The molecule has 0 aliphatic carbocycles. The Bertz CT molecular complexity index is 616. The Balaban J connectivity index is 3.45. The van der Waals surface area contributed by atoms with Crippen molar-refractivity contribution < 1.29 is 17.7 Å². The number of benzene rings is 1. The molecule has 6 nitrogen and oxygen atoms in total. The lowest BCUT2D eigenvalue weighted by atomic mass is 10.2. The summed E-state index contributed by atoms with van der Waals surface area (Å²) in [5.74, 6) is -1.04. The number of aryl methyl sites for hydroxylation is 1. The fourth-order valence-electron chi connectivity index (χ4n) is 1.90. The maximum Gasteiger partial charge on any atom is 0.306 e. The molecule has 0 radical (unpaired) electrons. The van der Waals surface area contributed by atoms with E-state index in [0.29, 0.717) is 13.0 Å². The summed E-state index contributed by atoms with van der Waals surface area (Å²) in [5, 5.41) is 10.7. The Kier molecular flexibility index (Phi) is 5.18. The third-order valence-corrected chi connectivity index (χ3v) is 5.00. The van der Waals surface area contributed by atoms with Crippen LogP contribution in [0.3, 0.4) is 0 Å². The van der Waals surface area contributed by atoms with Gasteiger partial charge in [-0.1, -0.05) is 13.8 Å². The van der Waals surface area contributed by atoms with Crippen LogP contribution < -0.4 is 0 Å². The monoisotopic (exact) mass is 304 g/mol. The van der Waals surface area contributed by atoms with Crippen LogP contribution in [-0.4, -0.2) is 30.7 Å². The molecular formula is C12H17FN2O4S. The molecule has 112 valence electrons. The fraction of sp³-hybridized carbons (Fsp3) is 0.500. The molecular weight excluding hydrogens is 287 g/mol. The Hall–Kier alpha value is -1.54. The highest BCUT2D eigenvalue weighted by Crippen LogP contribution is 2.27. The molecule has 0 bridgehead atoms. The van der Waals surface area contributed by atoms with Crippen molar-refractivity contribution in [2.24, 2.45) is 0 Å². The summed E-state index contributed by atoms with van der Waals surface area (Å²) in [6, 6.07) is 1.67. The Morgan fingerprint density at radius 3 is 2.40 bits per heavy atom. The number of hydrogen-bond donors (Lipinski definition) is 0. The minimum absolute atomic E-state index is 0.155. The first-order chi connectivity index (χ1) is 9.25. The zero-order chi connectivity index (χ0) is 15.5. The second-order valence-electron chi connectivity index (χ2n) is 4.32. The van der Waals surface area contributed by atoms with Crippen molar-refractivity contribution in [2.45, 2.75) is 32.1 Å². The molecule has 0 atom stereocenters. The number of halogens is 1. The first-order valence-corrected chi connectivity index (χ1v) is 7.64. The SMILES string of the molecule is CCCN(CC)S(=O)(=O)c1cc([N+](=O)[O-])c(F)cc1C. The van der Waals surface area contributed by atoms with E-state index in [9.17, 15) is 22.9 Å². The van der Waals surface area contributed by atoms with Crippen molar-refractivity contribution in [1.82, 2.24) is 4.31 Å². The molecule has 0 aliphatic heterocycles. The quantitative estimate of drug-likeness (QED) is 0.597. The van der Waals surface area contributed by atoms with Gasteiger partial charge in [0.1, 0.15) is 0 Å². The van der Waals surface area contributed by atoms with E-state index >= 15 is 0 Å². The number of nitrogens with zero attached hydrogens (tertiary/aromatic N) is 2. The van der Waals surface area contributed by atoms with Crippen LogP contribution >= 0.6 is 0 Å². The third-order valence-electron chi connectivity index (χ3n) is 2.88. The average molecular weight is 304 g/mol. The molecule has 0 amide bonds. The van der Waals surface area contributed by atoms with Crippen molar-refractivity contribution in [1.29, 1.82) is 0 Å². The molecule has 0 heterocycles. The van der Waals surface area contributed by atoms with Crippen molar-refractivity contribution >= 4 is 15.7 Å². The highest BCUT2D eigenvalue weighted by Gasteiger charge is 2.28. The Morgan fingerprint density at radius 2 is 1.95 bits per heavy atom. The first kappa shape index (κ1) is 16.5. The van der Waals surface area contributed by atoms with E-state index in [1.807, 2.05) is 6.92 Å². The molecule has 0 aliphatic rings. The maximum absolute atomic E-state index is 13.5. The van der Waals surface area contributed by atoms with Crippen molar-refractivity contribution in [3.63, 3.8) is 0 Å². The van der Waals surface area contributed by atoms with E-state index in [0.717, 1.165) is 12.1 Å². The number of nitro benzene ring substituents is 1. The van der Waals surface area contributed by atoms with Gasteiger partial charge < -0.3 is 0 Å². The number of sulfonamides is 1. The molecule has 0 N–H and O–H groups in total. The van der Waals surface area contributed by atoms with Gasteiger partial charge >= 0.3 is 5.69 Å². The van der Waals surface area contributed by atoms with Crippen LogP contribution in [0.5, 0.6) is 0 Å². The second-order valence-corrected chi connectivity index (χ2v) is 6.23. The van der Waals surface area contributed by atoms with Gasteiger partial charge in [0.15, 0.2) is 0 Å². The highest BCUT2D eigenvalue weighted by molar-refractivity contribution is 7.89. The van der Waals surface area contributed by atoms with Crippen LogP contribution in [0.15, 0.2) is 17.0 Å². The van der Waals surface area contributed by atoms with E-state index in [2.05, 4.69) is 0 Å². The predicted octanol–water partition coefficient (Wildman–Crippen LogP) is 2.46. The van der Waals surface area contributed by atoms with Crippen molar-refractivity contribution in [3.05, 3.63) is 33.6 Å². The highest BCUT2D eigenvalue weighted by atomic mass is 32.2. The molecule has 0 unspecified atom stereocenters. The first-order valence-electron chi connectivity index (χ1n) is 6.20. The van der Waals surface area contributed by atoms with Gasteiger partial charge in [0.05, 0.1) is 9.82 Å². The van der Waals surface area contributed by atoms with Gasteiger partial charge in [-0.2, -0.15) is 8.70 Å². The van der Waals surface area contributed by atoms with Crippen molar-refractivity contribution in [2.75, 3.05) is 13.1 Å². The summed E-state index contributed by atoms with van der Waals surface area (Å²) in [5.41, 5.74) is -0.677. The van der Waals surface area contributed by atoms with E-state index < -0.39 is 26.5 Å². The summed E-state index contributed by atoms with van der Waals surface area (Å²) in [7, 11) is -3.85. The van der Waals surface area contributed by atoms with Gasteiger partial charge in [0, 0.05) is 19.2 Å². The largest absolute Gasteiger partial charge is 0.306 e. The molecule has 1 aromatic rings. The summed E-state index contributed by atoms with van der Waals surface area (Å²) >= 11 is 0. The molecule has 20 heavy (non-hydrogen) atoms. The molecule has 0 saturated heterocycles. The second kappa shape index (κ2) is 6.27. The van der Waals surface area contributed by atoms with Crippen LogP contribution in [0, 0.1) is 22.9 Å². The van der Waals surface area contributed by atoms with E-state index in [-0.39, 0.29) is 17.0 Å². The van der Waals surface area contributed by atoms with Gasteiger partial charge in [-0.15, -0.1) is 0 Å². The van der Waals surface area contributed by atoms with Gasteiger partial charge in [0.25, 0.3) is 0 Å². The lowest BCUT2D eigenvalue weighted by Gasteiger charge is -2.20. The number of rotatable bonds is 6. The fourth-order valence-corrected chi connectivity index (χ4v) is 3.66. The van der Waals surface area contributed by atoms with Gasteiger partial charge in [-0.3, -0.25) is 10.1 Å². The molecule has 0 spiro atoms. The van der Waals surface area contributed by atoms with Crippen LogP contribution in [0.4, 0.5) is 10.1 Å². The van der Waals surface area contributed by atoms with Gasteiger partial charge in [-0.05, 0) is 25.0 Å². The molecule has 1 rings (SSSR count). The lowest BCUT2D eigenvalue weighted by Crippen LogP contribution is -2.32. The summed E-state index contributed by atoms with van der Waals surface area (Å²) < 4.78 is 39.6. The Morgan fingerprint density at radius 1 is 1.35 bits per heavy atom.